The first kappa shape index (κ1) is 14.9. The van der Waals surface area contributed by atoms with E-state index in [1.54, 1.807) is 6.92 Å². The molecule has 5 nitrogen and oxygen atoms in total. The first-order chi connectivity index (χ1) is 9.81. The van der Waals surface area contributed by atoms with Gasteiger partial charge >= 0.3 is 12.3 Å². The van der Waals surface area contributed by atoms with Gasteiger partial charge in [-0.15, -0.1) is 13.2 Å². The highest BCUT2D eigenvalue weighted by Crippen LogP contribution is 2.31. The molecule has 112 valence electrons. The molecule has 0 bridgehead atoms. The Labute approximate surface area is 116 Å². The number of aromatic hydroxyl groups is 1. The quantitative estimate of drug-likeness (QED) is 0.883. The van der Waals surface area contributed by atoms with Crippen LogP contribution in [0.25, 0.3) is 10.9 Å². The van der Waals surface area contributed by atoms with E-state index in [2.05, 4.69) is 9.72 Å². The van der Waals surface area contributed by atoms with E-state index in [-0.39, 0.29) is 23.1 Å². The van der Waals surface area contributed by atoms with Crippen molar-refractivity contribution in [1.29, 1.82) is 0 Å². The maximum Gasteiger partial charge on any atom is 0.573 e. The molecule has 0 aliphatic rings. The van der Waals surface area contributed by atoms with E-state index >= 15 is 0 Å². The van der Waals surface area contributed by atoms with Gasteiger partial charge in [0.2, 0.25) is 0 Å². The Morgan fingerprint density at radius 2 is 2.10 bits per heavy atom. The molecule has 0 saturated heterocycles. The predicted molar refractivity (Wildman–Crippen MR) is 66.0 cm³/mol. The average molecular weight is 301 g/mol. The Morgan fingerprint density at radius 3 is 2.71 bits per heavy atom. The van der Waals surface area contributed by atoms with Crippen molar-refractivity contribution in [2.45, 2.75) is 13.3 Å². The average Bonchev–Trinajstić information content (AvgIpc) is 2.37. The summed E-state index contributed by atoms with van der Waals surface area (Å²) in [5.74, 6) is -1.64. The van der Waals surface area contributed by atoms with Crippen molar-refractivity contribution >= 4 is 16.9 Å². The van der Waals surface area contributed by atoms with Crippen molar-refractivity contribution in [3.63, 3.8) is 0 Å². The minimum absolute atomic E-state index is 0.0577. The fraction of sp³-hybridized carbons (Fsp3) is 0.231. The van der Waals surface area contributed by atoms with Gasteiger partial charge in [-0.2, -0.15) is 0 Å². The Hall–Kier alpha value is -2.51. The van der Waals surface area contributed by atoms with Crippen LogP contribution in [0.3, 0.4) is 0 Å². The highest BCUT2D eigenvalue weighted by Gasteiger charge is 2.31. The van der Waals surface area contributed by atoms with Gasteiger partial charge in [0.1, 0.15) is 17.1 Å². The molecule has 8 heteroatoms. The Bertz CT molecular complexity index is 685. The highest BCUT2D eigenvalue weighted by molar-refractivity contribution is 5.99. The highest BCUT2D eigenvalue weighted by atomic mass is 19.4. The molecule has 0 atom stereocenters. The zero-order valence-electron chi connectivity index (χ0n) is 10.8. The predicted octanol–water partition coefficient (Wildman–Crippen LogP) is 3.02. The minimum atomic E-state index is -4.82. The maximum atomic E-state index is 12.1. The standard InChI is InChI=1S/C13H10F3NO4/c1-2-20-12(19)9-6-17-10-5-7(21-13(14,15)16)3-4-8(10)11(9)18/h3-6H,2H2,1H3,(H,17,18). The third-order valence-electron chi connectivity index (χ3n) is 2.54. The number of carbonyl (C=O) groups excluding carboxylic acids is 1. The number of benzene rings is 1. The number of fused-ring (bicyclic) bond motifs is 1. The van der Waals surface area contributed by atoms with Crippen LogP contribution in [0.4, 0.5) is 13.2 Å². The molecule has 0 aliphatic carbocycles. The molecule has 0 saturated carbocycles. The molecule has 2 rings (SSSR count). The van der Waals surface area contributed by atoms with Crippen molar-refractivity contribution in [1.82, 2.24) is 4.98 Å². The van der Waals surface area contributed by atoms with Crippen molar-refractivity contribution in [2.24, 2.45) is 0 Å². The first-order valence-electron chi connectivity index (χ1n) is 5.86. The topological polar surface area (TPSA) is 68.7 Å². The Morgan fingerprint density at radius 1 is 1.38 bits per heavy atom. The molecule has 1 aromatic heterocycles. The smallest absolute Gasteiger partial charge is 0.506 e. The fourth-order valence-corrected chi connectivity index (χ4v) is 1.71. The summed E-state index contributed by atoms with van der Waals surface area (Å²) in [6, 6.07) is 3.21. The van der Waals surface area contributed by atoms with Crippen LogP contribution in [0, 0.1) is 0 Å². The van der Waals surface area contributed by atoms with Gasteiger partial charge in [0.25, 0.3) is 0 Å². The molecule has 1 heterocycles. The van der Waals surface area contributed by atoms with Crippen LogP contribution in [-0.2, 0) is 4.74 Å². The zero-order valence-corrected chi connectivity index (χ0v) is 10.8. The summed E-state index contributed by atoms with van der Waals surface area (Å²) in [5.41, 5.74) is -0.101. The zero-order chi connectivity index (χ0) is 15.6. The summed E-state index contributed by atoms with van der Waals surface area (Å²) in [5, 5.41) is 10.1. The van der Waals surface area contributed by atoms with Crippen molar-refractivity contribution in [3.05, 3.63) is 30.0 Å². The summed E-state index contributed by atoms with van der Waals surface area (Å²) in [7, 11) is 0. The number of hydrogen-bond acceptors (Lipinski definition) is 5. The van der Waals surface area contributed by atoms with Gasteiger partial charge in [-0.05, 0) is 19.1 Å². The number of ether oxygens (including phenoxy) is 2. The van der Waals surface area contributed by atoms with Gasteiger partial charge < -0.3 is 14.6 Å². The second kappa shape index (κ2) is 5.47. The SMILES string of the molecule is CCOC(=O)c1cnc2cc(OC(F)(F)F)ccc2c1O. The van der Waals surface area contributed by atoms with Crippen molar-refractivity contribution in [2.75, 3.05) is 6.61 Å². The first-order valence-corrected chi connectivity index (χ1v) is 5.86. The van der Waals surface area contributed by atoms with Gasteiger partial charge in [-0.3, -0.25) is 4.98 Å². The minimum Gasteiger partial charge on any atom is -0.506 e. The number of esters is 1. The summed E-state index contributed by atoms with van der Waals surface area (Å²) < 4.78 is 44.9. The molecule has 1 N–H and O–H groups in total. The van der Waals surface area contributed by atoms with Gasteiger partial charge in [0.15, 0.2) is 0 Å². The monoisotopic (exact) mass is 301 g/mol. The molecule has 0 unspecified atom stereocenters. The number of rotatable bonds is 3. The molecule has 0 radical (unpaired) electrons. The fourth-order valence-electron chi connectivity index (χ4n) is 1.71. The van der Waals surface area contributed by atoms with Crippen LogP contribution in [0.5, 0.6) is 11.5 Å². The number of alkyl halides is 3. The lowest BCUT2D eigenvalue weighted by Crippen LogP contribution is -2.17. The normalized spacial score (nSPS) is 11.4. The van der Waals surface area contributed by atoms with E-state index in [0.717, 1.165) is 18.3 Å². The largest absolute Gasteiger partial charge is 0.573 e. The molecule has 2 aromatic rings. The summed E-state index contributed by atoms with van der Waals surface area (Å²) in [6.07, 6.45) is -3.78. The van der Waals surface area contributed by atoms with Crippen LogP contribution >= 0.6 is 0 Å². The van der Waals surface area contributed by atoms with Crippen molar-refractivity contribution in [3.8, 4) is 11.5 Å². The third kappa shape index (κ3) is 3.33. The lowest BCUT2D eigenvalue weighted by Gasteiger charge is -2.10. The second-order valence-corrected chi connectivity index (χ2v) is 3.97. The maximum absolute atomic E-state index is 12.1. The lowest BCUT2D eigenvalue weighted by atomic mass is 10.1. The second-order valence-electron chi connectivity index (χ2n) is 3.97. The molecule has 21 heavy (non-hydrogen) atoms. The number of aromatic nitrogens is 1. The van der Waals surface area contributed by atoms with Crippen LogP contribution < -0.4 is 4.74 Å². The Balaban J connectivity index is 2.43. The number of nitrogens with zero attached hydrogens (tertiary/aromatic N) is 1. The van der Waals surface area contributed by atoms with Gasteiger partial charge in [0, 0.05) is 17.6 Å². The summed E-state index contributed by atoms with van der Waals surface area (Å²) in [6.45, 7) is 1.72. The van der Waals surface area contributed by atoms with E-state index in [0.29, 0.717) is 0 Å². The summed E-state index contributed by atoms with van der Waals surface area (Å²) >= 11 is 0. The van der Waals surface area contributed by atoms with Crippen LogP contribution in [-0.4, -0.2) is 29.0 Å². The van der Waals surface area contributed by atoms with E-state index < -0.39 is 23.8 Å². The number of pyridine rings is 1. The summed E-state index contributed by atoms with van der Waals surface area (Å²) in [4.78, 5) is 15.4. The van der Waals surface area contributed by atoms with E-state index in [1.807, 2.05) is 0 Å². The Kier molecular flexibility index (Phi) is 3.88. The molecule has 0 aliphatic heterocycles. The van der Waals surface area contributed by atoms with Gasteiger partial charge in [-0.1, -0.05) is 0 Å². The van der Waals surface area contributed by atoms with Crippen LogP contribution in [0.15, 0.2) is 24.4 Å². The lowest BCUT2D eigenvalue weighted by molar-refractivity contribution is -0.274. The van der Waals surface area contributed by atoms with E-state index in [4.69, 9.17) is 4.74 Å². The molecule has 0 spiro atoms. The molecule has 1 aromatic carbocycles. The molecule has 0 fully saturated rings. The van der Waals surface area contributed by atoms with Crippen LogP contribution in [0.1, 0.15) is 17.3 Å². The van der Waals surface area contributed by atoms with Crippen LogP contribution in [0.2, 0.25) is 0 Å². The number of hydrogen-bond donors (Lipinski definition) is 1. The molecule has 0 amide bonds. The number of carbonyl (C=O) groups is 1. The third-order valence-corrected chi connectivity index (χ3v) is 2.54. The number of halogens is 3. The van der Waals surface area contributed by atoms with Crippen molar-refractivity contribution < 1.29 is 32.5 Å². The van der Waals surface area contributed by atoms with Gasteiger partial charge in [0.05, 0.1) is 12.1 Å². The molecular weight excluding hydrogens is 291 g/mol. The van der Waals surface area contributed by atoms with E-state index in [1.165, 1.54) is 6.07 Å². The van der Waals surface area contributed by atoms with E-state index in [9.17, 15) is 23.1 Å². The molecular formula is C13H10F3NO4. The van der Waals surface area contributed by atoms with Gasteiger partial charge in [-0.25, -0.2) is 4.79 Å².